The normalized spacial score (nSPS) is 17.7. The van der Waals surface area contributed by atoms with E-state index >= 15 is 0 Å². The Bertz CT molecular complexity index is 1070. The van der Waals surface area contributed by atoms with E-state index in [4.69, 9.17) is 16.3 Å². The highest BCUT2D eigenvalue weighted by atomic mass is 35.5. The van der Waals surface area contributed by atoms with Gasteiger partial charge in [0, 0.05) is 11.6 Å². The third-order valence-corrected chi connectivity index (χ3v) is 6.19. The van der Waals surface area contributed by atoms with E-state index in [0.29, 0.717) is 16.3 Å². The minimum atomic E-state index is -3.74. The predicted octanol–water partition coefficient (Wildman–Crippen LogP) is 4.18. The third kappa shape index (κ3) is 3.30. The van der Waals surface area contributed by atoms with Crippen LogP contribution in [0.5, 0.6) is 0 Å². The fraction of sp³-hybridized carbons (Fsp3) is 0.278. The van der Waals surface area contributed by atoms with Crippen LogP contribution in [0.3, 0.4) is 0 Å². The van der Waals surface area contributed by atoms with Crippen molar-refractivity contribution in [1.29, 1.82) is 0 Å². The monoisotopic (exact) mass is 391 g/mol. The second-order valence-corrected chi connectivity index (χ2v) is 8.46. The number of H-pyrrole nitrogens is 1. The zero-order chi connectivity index (χ0) is 18.3. The predicted molar refractivity (Wildman–Crippen MR) is 101 cm³/mol. The van der Waals surface area contributed by atoms with Crippen molar-refractivity contribution < 1.29 is 13.2 Å². The molecule has 0 radical (unpaired) electrons. The van der Waals surface area contributed by atoms with Crippen LogP contribution in [0.2, 0.25) is 5.02 Å². The Labute approximate surface area is 156 Å². The van der Waals surface area contributed by atoms with Gasteiger partial charge in [-0.15, -0.1) is 0 Å². The molecule has 3 aromatic rings. The number of nitrogens with one attached hydrogen (secondary N) is 2. The Morgan fingerprint density at radius 1 is 1.27 bits per heavy atom. The highest BCUT2D eigenvalue weighted by Gasteiger charge is 2.22. The number of hydrogen-bond donors (Lipinski definition) is 2. The van der Waals surface area contributed by atoms with Crippen molar-refractivity contribution in [2.75, 3.05) is 11.3 Å². The minimum Gasteiger partial charge on any atom is -0.370 e. The summed E-state index contributed by atoms with van der Waals surface area (Å²) in [4.78, 5) is 7.93. The molecule has 1 aliphatic heterocycles. The summed E-state index contributed by atoms with van der Waals surface area (Å²) in [6.45, 7) is 2.47. The summed E-state index contributed by atoms with van der Waals surface area (Å²) >= 11 is 5.95. The Kier molecular flexibility index (Phi) is 4.38. The summed E-state index contributed by atoms with van der Waals surface area (Å²) in [5.41, 5.74) is 2.63. The van der Waals surface area contributed by atoms with Gasteiger partial charge >= 0.3 is 0 Å². The summed E-state index contributed by atoms with van der Waals surface area (Å²) < 4.78 is 33.7. The number of benzene rings is 2. The standard InChI is InChI=1S/C18H18ClN3O3S/c1-11-4-5-12(19)9-17(11)26(23,24)22-13-6-7-14-15(10-13)21-18(20-14)16-3-2-8-25-16/h4-7,9-10,16,22H,2-3,8H2,1H3,(H,20,21). The van der Waals surface area contributed by atoms with E-state index in [0.717, 1.165) is 36.3 Å². The molecule has 6 nitrogen and oxygen atoms in total. The van der Waals surface area contributed by atoms with Crippen LogP contribution in [0.4, 0.5) is 5.69 Å². The van der Waals surface area contributed by atoms with Gasteiger partial charge in [0.05, 0.1) is 21.6 Å². The third-order valence-electron chi connectivity index (χ3n) is 4.43. The van der Waals surface area contributed by atoms with Crippen LogP contribution < -0.4 is 4.72 Å². The van der Waals surface area contributed by atoms with Gasteiger partial charge in [-0.3, -0.25) is 4.72 Å². The molecule has 136 valence electrons. The lowest BCUT2D eigenvalue weighted by molar-refractivity contribution is 0.106. The number of aromatic nitrogens is 2. The fourth-order valence-electron chi connectivity index (χ4n) is 3.11. The molecule has 1 aromatic heterocycles. The van der Waals surface area contributed by atoms with Gasteiger partial charge in [-0.25, -0.2) is 13.4 Å². The molecule has 0 spiro atoms. The van der Waals surface area contributed by atoms with E-state index in [2.05, 4.69) is 14.7 Å². The first kappa shape index (κ1) is 17.3. The molecule has 4 rings (SSSR count). The van der Waals surface area contributed by atoms with Crippen molar-refractivity contribution in [2.45, 2.75) is 30.8 Å². The van der Waals surface area contributed by atoms with E-state index in [1.165, 1.54) is 6.07 Å². The van der Waals surface area contributed by atoms with Crippen LogP contribution in [-0.2, 0) is 14.8 Å². The molecule has 8 heteroatoms. The molecular weight excluding hydrogens is 374 g/mol. The Balaban J connectivity index is 1.65. The number of anilines is 1. The van der Waals surface area contributed by atoms with Gasteiger partial charge in [-0.1, -0.05) is 17.7 Å². The molecule has 2 heterocycles. The Morgan fingerprint density at radius 3 is 2.88 bits per heavy atom. The highest BCUT2D eigenvalue weighted by molar-refractivity contribution is 7.92. The van der Waals surface area contributed by atoms with Crippen LogP contribution in [0.25, 0.3) is 11.0 Å². The number of hydrogen-bond acceptors (Lipinski definition) is 4. The van der Waals surface area contributed by atoms with E-state index in [1.54, 1.807) is 37.3 Å². The lowest BCUT2D eigenvalue weighted by atomic mass is 10.2. The van der Waals surface area contributed by atoms with Crippen LogP contribution in [0.1, 0.15) is 30.3 Å². The molecule has 1 aliphatic rings. The zero-order valence-electron chi connectivity index (χ0n) is 14.1. The van der Waals surface area contributed by atoms with Crippen molar-refractivity contribution >= 4 is 38.3 Å². The number of rotatable bonds is 4. The first-order valence-electron chi connectivity index (χ1n) is 8.33. The maximum absolute atomic E-state index is 12.7. The number of nitrogens with zero attached hydrogens (tertiary/aromatic N) is 1. The minimum absolute atomic E-state index is 0.0170. The number of fused-ring (bicyclic) bond motifs is 1. The molecule has 26 heavy (non-hydrogen) atoms. The number of imidazole rings is 1. The van der Waals surface area contributed by atoms with Gasteiger partial charge in [-0.05, 0) is 55.7 Å². The van der Waals surface area contributed by atoms with Crippen molar-refractivity contribution in [3.63, 3.8) is 0 Å². The van der Waals surface area contributed by atoms with Crippen molar-refractivity contribution in [3.8, 4) is 0 Å². The van der Waals surface area contributed by atoms with Gasteiger partial charge in [0.25, 0.3) is 10.0 Å². The summed E-state index contributed by atoms with van der Waals surface area (Å²) in [6, 6.07) is 10.0. The van der Waals surface area contributed by atoms with E-state index in [1.807, 2.05) is 0 Å². The molecule has 0 saturated carbocycles. The van der Waals surface area contributed by atoms with Crippen LogP contribution >= 0.6 is 11.6 Å². The molecule has 1 fully saturated rings. The van der Waals surface area contributed by atoms with E-state index < -0.39 is 10.0 Å². The average molecular weight is 392 g/mol. The average Bonchev–Trinajstić information content (AvgIpc) is 3.25. The van der Waals surface area contributed by atoms with Gasteiger partial charge in [-0.2, -0.15) is 0 Å². The van der Waals surface area contributed by atoms with Crippen molar-refractivity contribution in [2.24, 2.45) is 0 Å². The molecule has 1 atom stereocenters. The second-order valence-electron chi connectivity index (χ2n) is 6.37. The van der Waals surface area contributed by atoms with Gasteiger partial charge in [0.1, 0.15) is 11.9 Å². The topological polar surface area (TPSA) is 84.1 Å². The van der Waals surface area contributed by atoms with Gasteiger partial charge < -0.3 is 9.72 Å². The number of aryl methyl sites for hydroxylation is 1. The Hall–Kier alpha value is -2.09. The Morgan fingerprint density at radius 2 is 2.12 bits per heavy atom. The molecule has 0 amide bonds. The number of ether oxygens (including phenoxy) is 1. The maximum Gasteiger partial charge on any atom is 0.262 e. The smallest absolute Gasteiger partial charge is 0.262 e. The van der Waals surface area contributed by atoms with E-state index in [9.17, 15) is 8.42 Å². The summed E-state index contributed by atoms with van der Waals surface area (Å²) in [5, 5.41) is 0.376. The molecule has 2 N–H and O–H groups in total. The first-order chi connectivity index (χ1) is 12.4. The summed E-state index contributed by atoms with van der Waals surface area (Å²) in [6.07, 6.45) is 1.94. The first-order valence-corrected chi connectivity index (χ1v) is 10.2. The largest absolute Gasteiger partial charge is 0.370 e. The fourth-order valence-corrected chi connectivity index (χ4v) is 4.67. The zero-order valence-corrected chi connectivity index (χ0v) is 15.7. The second kappa shape index (κ2) is 6.57. The number of halogens is 1. The molecular formula is C18H18ClN3O3S. The number of aromatic amines is 1. The molecule has 0 aliphatic carbocycles. The maximum atomic E-state index is 12.7. The quantitative estimate of drug-likeness (QED) is 0.698. The van der Waals surface area contributed by atoms with Crippen LogP contribution in [0, 0.1) is 6.92 Å². The lowest BCUT2D eigenvalue weighted by Gasteiger charge is -2.10. The summed E-state index contributed by atoms with van der Waals surface area (Å²) in [7, 11) is -3.74. The molecule has 0 bridgehead atoms. The SMILES string of the molecule is Cc1ccc(Cl)cc1S(=O)(=O)Nc1ccc2nc(C3CCCO3)[nH]c2c1. The molecule has 2 aromatic carbocycles. The molecule has 1 unspecified atom stereocenters. The van der Waals surface area contributed by atoms with Gasteiger partial charge in [0.2, 0.25) is 0 Å². The molecule has 1 saturated heterocycles. The van der Waals surface area contributed by atoms with Crippen LogP contribution in [0.15, 0.2) is 41.3 Å². The van der Waals surface area contributed by atoms with Crippen molar-refractivity contribution in [3.05, 3.63) is 52.8 Å². The van der Waals surface area contributed by atoms with E-state index in [-0.39, 0.29) is 11.0 Å². The number of sulfonamides is 1. The van der Waals surface area contributed by atoms with Crippen molar-refractivity contribution in [1.82, 2.24) is 9.97 Å². The highest BCUT2D eigenvalue weighted by Crippen LogP contribution is 2.29. The summed E-state index contributed by atoms with van der Waals surface area (Å²) in [5.74, 6) is 0.781. The van der Waals surface area contributed by atoms with Gasteiger partial charge in [0.15, 0.2) is 0 Å². The van der Waals surface area contributed by atoms with Crippen LogP contribution in [-0.4, -0.2) is 25.0 Å². The lowest BCUT2D eigenvalue weighted by Crippen LogP contribution is -2.14.